The van der Waals surface area contributed by atoms with E-state index in [2.05, 4.69) is 6.07 Å². The average molecular weight is 222 g/mol. The van der Waals surface area contributed by atoms with Crippen molar-refractivity contribution in [3.63, 3.8) is 0 Å². The van der Waals surface area contributed by atoms with Crippen LogP contribution in [0.15, 0.2) is 11.4 Å². The van der Waals surface area contributed by atoms with Crippen LogP contribution >= 0.6 is 11.3 Å². The van der Waals surface area contributed by atoms with E-state index in [0.717, 1.165) is 23.3 Å². The van der Waals surface area contributed by atoms with Crippen LogP contribution in [0.5, 0.6) is 0 Å². The van der Waals surface area contributed by atoms with Gasteiger partial charge in [-0.25, -0.2) is 0 Å². The van der Waals surface area contributed by atoms with Crippen molar-refractivity contribution in [2.45, 2.75) is 45.4 Å². The van der Waals surface area contributed by atoms with E-state index in [1.54, 1.807) is 11.3 Å². The summed E-state index contributed by atoms with van der Waals surface area (Å²) in [6, 6.07) is 2.05. The molecule has 1 aromatic rings. The van der Waals surface area contributed by atoms with Gasteiger partial charge in [-0.05, 0) is 36.8 Å². The fraction of sp³-hybridized carbons (Fsp3) is 0.615. The van der Waals surface area contributed by atoms with Gasteiger partial charge in [-0.2, -0.15) is 0 Å². The minimum absolute atomic E-state index is 0.310. The number of Topliss-reactive ketones (excluding diaryl/α,β-unsaturated/α-hetero) is 1. The zero-order valence-corrected chi connectivity index (χ0v) is 10.1. The van der Waals surface area contributed by atoms with Crippen molar-refractivity contribution in [1.29, 1.82) is 0 Å². The van der Waals surface area contributed by atoms with Crippen LogP contribution < -0.4 is 0 Å². The largest absolute Gasteiger partial charge is 0.293 e. The highest BCUT2D eigenvalue weighted by Crippen LogP contribution is 2.28. The second-order valence-corrected chi connectivity index (χ2v) is 5.40. The lowest BCUT2D eigenvalue weighted by Crippen LogP contribution is -2.13. The monoisotopic (exact) mass is 222 g/mol. The van der Waals surface area contributed by atoms with Gasteiger partial charge in [-0.3, -0.25) is 4.79 Å². The molecule has 2 rings (SSSR count). The quantitative estimate of drug-likeness (QED) is 0.541. The topological polar surface area (TPSA) is 17.1 Å². The van der Waals surface area contributed by atoms with E-state index in [4.69, 9.17) is 0 Å². The number of hydrogen-bond acceptors (Lipinski definition) is 2. The first-order valence-corrected chi connectivity index (χ1v) is 6.75. The third-order valence-electron chi connectivity index (χ3n) is 3.31. The molecule has 82 valence electrons. The lowest BCUT2D eigenvalue weighted by Gasteiger charge is -2.11. The molecule has 1 aromatic heterocycles. The Morgan fingerprint density at radius 1 is 1.27 bits per heavy atom. The van der Waals surface area contributed by atoms with Crippen molar-refractivity contribution < 1.29 is 4.79 Å². The normalized spacial score (nSPS) is 18.7. The van der Waals surface area contributed by atoms with Crippen LogP contribution in [-0.4, -0.2) is 5.78 Å². The van der Waals surface area contributed by atoms with Crippen molar-refractivity contribution in [3.05, 3.63) is 21.9 Å². The molecule has 0 aliphatic heterocycles. The summed E-state index contributed by atoms with van der Waals surface area (Å²) in [4.78, 5) is 13.2. The van der Waals surface area contributed by atoms with Crippen LogP contribution in [0, 0.1) is 12.8 Å². The van der Waals surface area contributed by atoms with E-state index in [-0.39, 0.29) is 0 Å². The highest BCUT2D eigenvalue weighted by Gasteiger charge is 2.23. The van der Waals surface area contributed by atoms with Gasteiger partial charge in [0.05, 0.1) is 4.88 Å². The standard InChI is InChI=1S/C13H18OS/c1-10-8-9-15-13(10)12(14)11-6-4-2-3-5-7-11/h8-9,11H,2-7H2,1H3. The van der Waals surface area contributed by atoms with E-state index < -0.39 is 0 Å². The maximum atomic E-state index is 12.2. The van der Waals surface area contributed by atoms with Crippen molar-refractivity contribution in [1.82, 2.24) is 0 Å². The molecular weight excluding hydrogens is 204 g/mol. The zero-order valence-electron chi connectivity index (χ0n) is 9.29. The van der Waals surface area contributed by atoms with Crippen molar-refractivity contribution >= 4 is 17.1 Å². The fourth-order valence-corrected chi connectivity index (χ4v) is 3.30. The molecule has 0 bridgehead atoms. The van der Waals surface area contributed by atoms with Crippen molar-refractivity contribution in [2.75, 3.05) is 0 Å². The van der Waals surface area contributed by atoms with E-state index in [9.17, 15) is 4.79 Å². The van der Waals surface area contributed by atoms with Crippen LogP contribution in [-0.2, 0) is 0 Å². The molecule has 0 aromatic carbocycles. The lowest BCUT2D eigenvalue weighted by atomic mass is 9.93. The molecule has 1 fully saturated rings. The summed E-state index contributed by atoms with van der Waals surface area (Å²) in [7, 11) is 0. The number of ketones is 1. The van der Waals surface area contributed by atoms with Crippen molar-refractivity contribution in [2.24, 2.45) is 5.92 Å². The Kier molecular flexibility index (Phi) is 3.57. The summed E-state index contributed by atoms with van der Waals surface area (Å²) < 4.78 is 0. The smallest absolute Gasteiger partial charge is 0.176 e. The molecule has 1 heterocycles. The van der Waals surface area contributed by atoms with Gasteiger partial charge in [-0.1, -0.05) is 25.7 Å². The molecule has 0 amide bonds. The van der Waals surface area contributed by atoms with E-state index in [1.165, 1.54) is 25.7 Å². The number of aryl methyl sites for hydroxylation is 1. The van der Waals surface area contributed by atoms with Gasteiger partial charge in [0, 0.05) is 5.92 Å². The van der Waals surface area contributed by atoms with Crippen molar-refractivity contribution in [3.8, 4) is 0 Å². The Morgan fingerprint density at radius 2 is 1.93 bits per heavy atom. The highest BCUT2D eigenvalue weighted by atomic mass is 32.1. The Labute approximate surface area is 95.5 Å². The maximum Gasteiger partial charge on any atom is 0.176 e. The molecular formula is C13H18OS. The van der Waals surface area contributed by atoms with E-state index in [0.29, 0.717) is 11.7 Å². The fourth-order valence-electron chi connectivity index (χ4n) is 2.35. The third kappa shape index (κ3) is 2.49. The van der Waals surface area contributed by atoms with Crippen LogP contribution in [0.3, 0.4) is 0 Å². The number of rotatable bonds is 2. The summed E-state index contributed by atoms with van der Waals surface area (Å²) in [5.41, 5.74) is 1.16. The van der Waals surface area contributed by atoms with Gasteiger partial charge in [0.2, 0.25) is 0 Å². The molecule has 2 heteroatoms. The molecule has 1 nitrogen and oxygen atoms in total. The van der Waals surface area contributed by atoms with Gasteiger partial charge in [0.25, 0.3) is 0 Å². The summed E-state index contributed by atoms with van der Waals surface area (Å²) in [6.45, 7) is 2.04. The summed E-state index contributed by atoms with van der Waals surface area (Å²) in [5.74, 6) is 0.717. The molecule has 0 N–H and O–H groups in total. The van der Waals surface area contributed by atoms with Crippen LogP contribution in [0.4, 0.5) is 0 Å². The van der Waals surface area contributed by atoms with E-state index >= 15 is 0 Å². The summed E-state index contributed by atoms with van der Waals surface area (Å²) in [5, 5.41) is 2.03. The molecule has 1 aliphatic rings. The molecule has 0 saturated heterocycles. The number of carbonyl (C=O) groups excluding carboxylic acids is 1. The third-order valence-corrected chi connectivity index (χ3v) is 4.34. The number of carbonyl (C=O) groups is 1. The molecule has 15 heavy (non-hydrogen) atoms. The second-order valence-electron chi connectivity index (χ2n) is 4.49. The highest BCUT2D eigenvalue weighted by molar-refractivity contribution is 7.12. The predicted molar refractivity (Wildman–Crippen MR) is 64.6 cm³/mol. The molecule has 0 radical (unpaired) electrons. The summed E-state index contributed by atoms with van der Waals surface area (Å²) in [6.07, 6.45) is 7.31. The van der Waals surface area contributed by atoms with Crippen LogP contribution in [0.2, 0.25) is 0 Å². The van der Waals surface area contributed by atoms with Crippen LogP contribution in [0.1, 0.15) is 53.8 Å². The maximum absolute atomic E-state index is 12.2. The van der Waals surface area contributed by atoms with Gasteiger partial charge in [-0.15, -0.1) is 11.3 Å². The van der Waals surface area contributed by atoms with Gasteiger partial charge >= 0.3 is 0 Å². The molecule has 1 saturated carbocycles. The van der Waals surface area contributed by atoms with Gasteiger partial charge in [0.1, 0.15) is 0 Å². The molecule has 0 spiro atoms. The Hall–Kier alpha value is -0.630. The predicted octanol–water partition coefficient (Wildman–Crippen LogP) is 4.21. The molecule has 0 atom stereocenters. The Balaban J connectivity index is 2.09. The lowest BCUT2D eigenvalue weighted by molar-refractivity contribution is 0.0911. The minimum Gasteiger partial charge on any atom is -0.293 e. The number of hydrogen-bond donors (Lipinski definition) is 0. The first-order chi connectivity index (χ1) is 7.29. The minimum atomic E-state index is 0.310. The SMILES string of the molecule is Cc1ccsc1C(=O)C1CCCCCC1. The Bertz CT molecular complexity index is 332. The Morgan fingerprint density at radius 3 is 2.47 bits per heavy atom. The van der Waals surface area contributed by atoms with Gasteiger partial charge in [0.15, 0.2) is 5.78 Å². The van der Waals surface area contributed by atoms with E-state index in [1.807, 2.05) is 12.3 Å². The molecule has 0 unspecified atom stereocenters. The second kappa shape index (κ2) is 4.93. The number of thiophene rings is 1. The summed E-state index contributed by atoms with van der Waals surface area (Å²) >= 11 is 1.61. The van der Waals surface area contributed by atoms with Gasteiger partial charge < -0.3 is 0 Å². The average Bonchev–Trinajstić information content (AvgIpc) is 2.53. The molecule has 1 aliphatic carbocycles. The zero-order chi connectivity index (χ0) is 10.7. The van der Waals surface area contributed by atoms with Crippen LogP contribution in [0.25, 0.3) is 0 Å². The first kappa shape index (κ1) is 10.9. The first-order valence-electron chi connectivity index (χ1n) is 5.87.